The van der Waals surface area contributed by atoms with Gasteiger partial charge < -0.3 is 14.4 Å². The maximum Gasteiger partial charge on any atom is 0.252 e. The molecule has 0 atom stereocenters. The molecule has 34 heavy (non-hydrogen) atoms. The van der Waals surface area contributed by atoms with Crippen LogP contribution in [0.3, 0.4) is 0 Å². The van der Waals surface area contributed by atoms with Crippen LogP contribution in [0.5, 0.6) is 0 Å². The second-order valence-corrected chi connectivity index (χ2v) is 9.61. The van der Waals surface area contributed by atoms with Crippen molar-refractivity contribution in [1.82, 2.24) is 14.5 Å². The SMILES string of the molecule is Cn1c(=O)cc(N(C)[C@H]2CC[C@H](N(CC3CC3)c3ccc(F)cn3)CC2)c2nc(C#N)ccc21. The Morgan fingerprint density at radius 2 is 1.85 bits per heavy atom. The average molecular weight is 461 g/mol. The number of anilines is 2. The topological polar surface area (TPSA) is 78.1 Å². The molecule has 0 spiro atoms. The summed E-state index contributed by atoms with van der Waals surface area (Å²) in [6.07, 6.45) is 7.75. The van der Waals surface area contributed by atoms with Gasteiger partial charge in [0.15, 0.2) is 0 Å². The van der Waals surface area contributed by atoms with Gasteiger partial charge in [-0.25, -0.2) is 14.4 Å². The van der Waals surface area contributed by atoms with Crippen LogP contribution in [0.25, 0.3) is 11.0 Å². The van der Waals surface area contributed by atoms with Crippen molar-refractivity contribution in [3.05, 3.63) is 58.4 Å². The molecule has 5 rings (SSSR count). The van der Waals surface area contributed by atoms with E-state index in [1.807, 2.05) is 7.05 Å². The fourth-order valence-corrected chi connectivity index (χ4v) is 5.14. The first kappa shape index (κ1) is 22.3. The van der Waals surface area contributed by atoms with Crippen molar-refractivity contribution < 1.29 is 4.39 Å². The van der Waals surface area contributed by atoms with Crippen molar-refractivity contribution in [1.29, 1.82) is 5.26 Å². The molecule has 3 heterocycles. The third kappa shape index (κ3) is 4.35. The number of halogens is 1. The van der Waals surface area contributed by atoms with Crippen molar-refractivity contribution >= 4 is 22.5 Å². The fraction of sp³-hybridized carbons (Fsp3) is 0.462. The van der Waals surface area contributed by atoms with Gasteiger partial charge in [-0.2, -0.15) is 5.26 Å². The fourth-order valence-electron chi connectivity index (χ4n) is 5.14. The Balaban J connectivity index is 1.37. The predicted octanol–water partition coefficient (Wildman–Crippen LogP) is 4.00. The van der Waals surface area contributed by atoms with E-state index >= 15 is 0 Å². The van der Waals surface area contributed by atoms with E-state index in [1.54, 1.807) is 35.9 Å². The molecule has 176 valence electrons. The maximum absolute atomic E-state index is 13.4. The summed E-state index contributed by atoms with van der Waals surface area (Å²) in [7, 11) is 3.74. The van der Waals surface area contributed by atoms with Crippen LogP contribution in [-0.2, 0) is 7.05 Å². The Kier molecular flexibility index (Phi) is 5.94. The Hall–Kier alpha value is -3.47. The van der Waals surface area contributed by atoms with Crippen LogP contribution in [0.2, 0.25) is 0 Å². The Morgan fingerprint density at radius 3 is 2.50 bits per heavy atom. The number of aromatic nitrogens is 3. The van der Waals surface area contributed by atoms with E-state index in [0.29, 0.717) is 23.2 Å². The van der Waals surface area contributed by atoms with Crippen molar-refractivity contribution in [2.75, 3.05) is 23.4 Å². The van der Waals surface area contributed by atoms with Gasteiger partial charge >= 0.3 is 0 Å². The lowest BCUT2D eigenvalue weighted by Gasteiger charge is -2.41. The zero-order chi connectivity index (χ0) is 23.8. The molecular formula is C26H29FN6O. The van der Waals surface area contributed by atoms with Crippen LogP contribution in [0.1, 0.15) is 44.2 Å². The normalized spacial score (nSPS) is 20.2. The first-order valence-corrected chi connectivity index (χ1v) is 12.0. The number of rotatable bonds is 6. The molecule has 7 nitrogen and oxygen atoms in total. The molecular weight excluding hydrogens is 431 g/mol. The first-order chi connectivity index (χ1) is 16.4. The van der Waals surface area contributed by atoms with Crippen LogP contribution < -0.4 is 15.4 Å². The third-order valence-corrected chi connectivity index (χ3v) is 7.38. The van der Waals surface area contributed by atoms with E-state index in [0.717, 1.165) is 49.2 Å². The monoisotopic (exact) mass is 460 g/mol. The number of hydrogen-bond acceptors (Lipinski definition) is 6. The Bertz CT molecular complexity index is 1290. The number of aryl methyl sites for hydroxylation is 1. The van der Waals surface area contributed by atoms with Gasteiger partial charge in [0.2, 0.25) is 0 Å². The van der Waals surface area contributed by atoms with E-state index in [-0.39, 0.29) is 17.4 Å². The van der Waals surface area contributed by atoms with Crippen LogP contribution in [0.4, 0.5) is 15.9 Å². The second kappa shape index (κ2) is 9.05. The van der Waals surface area contributed by atoms with Crippen molar-refractivity contribution in [2.45, 2.75) is 50.6 Å². The quantitative estimate of drug-likeness (QED) is 0.553. The third-order valence-electron chi connectivity index (χ3n) is 7.38. The molecule has 0 radical (unpaired) electrons. The van der Waals surface area contributed by atoms with Gasteiger partial charge in [-0.15, -0.1) is 0 Å². The van der Waals surface area contributed by atoms with Gasteiger partial charge in [-0.05, 0) is 68.7 Å². The van der Waals surface area contributed by atoms with Crippen molar-refractivity contribution in [3.8, 4) is 6.07 Å². The van der Waals surface area contributed by atoms with Gasteiger partial charge in [0.05, 0.1) is 17.4 Å². The molecule has 2 aliphatic rings. The second-order valence-electron chi connectivity index (χ2n) is 9.61. The zero-order valence-corrected chi connectivity index (χ0v) is 19.6. The van der Waals surface area contributed by atoms with Crippen LogP contribution in [0.15, 0.2) is 41.3 Å². The molecule has 2 fully saturated rings. The molecule has 0 saturated heterocycles. The summed E-state index contributed by atoms with van der Waals surface area (Å²) in [5.74, 6) is 1.25. The largest absolute Gasteiger partial charge is 0.370 e. The van der Waals surface area contributed by atoms with Crippen molar-refractivity contribution in [2.24, 2.45) is 13.0 Å². The molecule has 0 bridgehead atoms. The lowest BCUT2D eigenvalue weighted by molar-refractivity contribution is 0.363. The molecule has 2 aliphatic carbocycles. The summed E-state index contributed by atoms with van der Waals surface area (Å²) in [6, 6.07) is 11.1. The average Bonchev–Trinajstić information content (AvgIpc) is 3.69. The van der Waals surface area contributed by atoms with Gasteiger partial charge in [0, 0.05) is 38.8 Å². The molecule has 0 N–H and O–H groups in total. The first-order valence-electron chi connectivity index (χ1n) is 12.0. The van der Waals surface area contributed by atoms with Crippen LogP contribution >= 0.6 is 0 Å². The lowest BCUT2D eigenvalue weighted by atomic mass is 9.88. The minimum absolute atomic E-state index is 0.0902. The minimum Gasteiger partial charge on any atom is -0.370 e. The standard InChI is InChI=1S/C26H29FN6O/c1-31(23-13-25(34)32(2)22-11-6-19(14-28)30-26(22)23)20-7-9-21(10-8-20)33(16-17-3-4-17)24-12-5-18(27)15-29-24/h5-6,11-13,15,17,20-21H,3-4,7-10,16H2,1-2H3/t20-,21-. The number of nitriles is 1. The smallest absolute Gasteiger partial charge is 0.252 e. The molecule has 3 aromatic heterocycles. The lowest BCUT2D eigenvalue weighted by Crippen LogP contribution is -2.44. The molecule has 0 aliphatic heterocycles. The zero-order valence-electron chi connectivity index (χ0n) is 19.6. The molecule has 0 amide bonds. The highest BCUT2D eigenvalue weighted by molar-refractivity contribution is 5.88. The highest BCUT2D eigenvalue weighted by atomic mass is 19.1. The number of pyridine rings is 3. The summed E-state index contributed by atoms with van der Waals surface area (Å²) in [5.41, 5.74) is 2.42. The molecule has 3 aromatic rings. The minimum atomic E-state index is -0.310. The number of fused-ring (bicyclic) bond motifs is 1. The van der Waals surface area contributed by atoms with Gasteiger partial charge in [-0.3, -0.25) is 4.79 Å². The Labute approximate surface area is 198 Å². The van der Waals surface area contributed by atoms with Gasteiger partial charge in [0.25, 0.3) is 5.56 Å². The maximum atomic E-state index is 13.4. The summed E-state index contributed by atoms with van der Waals surface area (Å²) in [4.78, 5) is 26.1. The van der Waals surface area contributed by atoms with E-state index < -0.39 is 0 Å². The van der Waals surface area contributed by atoms with Crippen LogP contribution in [0, 0.1) is 23.1 Å². The molecule has 2 saturated carbocycles. The van der Waals surface area contributed by atoms with E-state index in [9.17, 15) is 14.4 Å². The van der Waals surface area contributed by atoms with E-state index in [2.05, 4.69) is 25.8 Å². The number of nitrogens with zero attached hydrogens (tertiary/aromatic N) is 6. The molecule has 0 unspecified atom stereocenters. The summed E-state index contributed by atoms with van der Waals surface area (Å²) < 4.78 is 15.0. The summed E-state index contributed by atoms with van der Waals surface area (Å²) in [5, 5.41) is 9.33. The van der Waals surface area contributed by atoms with E-state index in [4.69, 9.17) is 0 Å². The predicted molar refractivity (Wildman–Crippen MR) is 130 cm³/mol. The van der Waals surface area contributed by atoms with Gasteiger partial charge in [0.1, 0.15) is 28.9 Å². The van der Waals surface area contributed by atoms with Gasteiger partial charge in [-0.1, -0.05) is 0 Å². The van der Waals surface area contributed by atoms with Crippen LogP contribution in [-0.4, -0.2) is 40.2 Å². The molecule has 0 aromatic carbocycles. The highest BCUT2D eigenvalue weighted by Crippen LogP contribution is 2.36. The molecule has 8 heteroatoms. The highest BCUT2D eigenvalue weighted by Gasteiger charge is 2.33. The summed E-state index contributed by atoms with van der Waals surface area (Å²) >= 11 is 0. The number of hydrogen-bond donors (Lipinski definition) is 0. The van der Waals surface area contributed by atoms with E-state index in [1.165, 1.54) is 25.1 Å². The van der Waals surface area contributed by atoms with Crippen molar-refractivity contribution in [3.63, 3.8) is 0 Å². The summed E-state index contributed by atoms with van der Waals surface area (Å²) in [6.45, 7) is 0.976. The Morgan fingerprint density at radius 1 is 1.12 bits per heavy atom.